The van der Waals surface area contributed by atoms with Crippen LogP contribution in [0.3, 0.4) is 0 Å². The van der Waals surface area contributed by atoms with Crippen molar-refractivity contribution in [2.45, 2.75) is 43.5 Å². The molecule has 21 heavy (non-hydrogen) atoms. The molecule has 0 N–H and O–H groups in total. The maximum atomic E-state index is 12.7. The highest BCUT2D eigenvalue weighted by atomic mass is 35.5. The molecule has 1 aliphatic carbocycles. The van der Waals surface area contributed by atoms with Crippen LogP contribution in [0.2, 0.25) is 5.02 Å². The lowest BCUT2D eigenvalue weighted by atomic mass is 10.3. The monoisotopic (exact) mass is 332 g/mol. The van der Waals surface area contributed by atoms with Crippen LogP contribution in [-0.4, -0.2) is 30.2 Å². The summed E-state index contributed by atoms with van der Waals surface area (Å²) in [6.45, 7) is 2.44. The maximum absolute atomic E-state index is 12.7. The minimum Gasteiger partial charge on any atom is -0.258 e. The Bertz CT molecular complexity index is 644. The van der Waals surface area contributed by atoms with Crippen LogP contribution in [-0.2, 0) is 10.0 Å². The largest absolute Gasteiger partial charge is 0.289 e. The molecule has 1 aliphatic rings. The summed E-state index contributed by atoms with van der Waals surface area (Å²) in [7, 11) is -3.71. The van der Waals surface area contributed by atoms with Crippen LogP contribution in [0.5, 0.6) is 0 Å². The van der Waals surface area contributed by atoms with Gasteiger partial charge in [-0.2, -0.15) is 4.31 Å². The zero-order valence-corrected chi connectivity index (χ0v) is 13.2. The number of unbranched alkanes of at least 4 members (excludes halogenated alkanes) is 1. The summed E-state index contributed by atoms with van der Waals surface area (Å²) in [6, 6.07) is 3.65. The fraction of sp³-hybridized carbons (Fsp3) is 0.538. The lowest BCUT2D eigenvalue weighted by Crippen LogP contribution is -2.34. The molecule has 0 bridgehead atoms. The summed E-state index contributed by atoms with van der Waals surface area (Å²) in [5, 5.41) is 10.8. The molecule has 6 nitrogen and oxygen atoms in total. The van der Waals surface area contributed by atoms with Gasteiger partial charge in [0.05, 0.1) is 9.82 Å². The third-order valence-electron chi connectivity index (χ3n) is 3.41. The molecule has 1 aromatic carbocycles. The lowest BCUT2D eigenvalue weighted by Gasteiger charge is -2.21. The van der Waals surface area contributed by atoms with Gasteiger partial charge in [0.15, 0.2) is 0 Å². The zero-order valence-electron chi connectivity index (χ0n) is 11.7. The number of hydrogen-bond donors (Lipinski definition) is 0. The van der Waals surface area contributed by atoms with E-state index in [9.17, 15) is 18.5 Å². The molecular formula is C13H17ClN2O4S. The first kappa shape index (κ1) is 16.2. The third-order valence-corrected chi connectivity index (χ3v) is 5.67. The third kappa shape index (κ3) is 3.53. The van der Waals surface area contributed by atoms with Gasteiger partial charge in [0.2, 0.25) is 10.0 Å². The van der Waals surface area contributed by atoms with Crippen LogP contribution in [0, 0.1) is 10.1 Å². The van der Waals surface area contributed by atoms with Gasteiger partial charge in [-0.05, 0) is 31.4 Å². The predicted octanol–water partition coefficient (Wildman–Crippen LogP) is 3.20. The highest BCUT2D eigenvalue weighted by Gasteiger charge is 2.38. The Morgan fingerprint density at radius 3 is 2.62 bits per heavy atom. The molecule has 0 unspecified atom stereocenters. The second-order valence-corrected chi connectivity index (χ2v) is 7.37. The van der Waals surface area contributed by atoms with Gasteiger partial charge in [-0.3, -0.25) is 10.1 Å². The smallest absolute Gasteiger partial charge is 0.258 e. The number of halogens is 1. The molecule has 0 spiro atoms. The highest BCUT2D eigenvalue weighted by molar-refractivity contribution is 7.89. The van der Waals surface area contributed by atoms with Gasteiger partial charge in [-0.15, -0.1) is 0 Å². The molecule has 1 saturated carbocycles. The quantitative estimate of drug-likeness (QED) is 0.567. The van der Waals surface area contributed by atoms with Gasteiger partial charge in [0.1, 0.15) is 5.02 Å². The number of rotatable bonds is 7. The van der Waals surface area contributed by atoms with Gasteiger partial charge in [0.25, 0.3) is 5.69 Å². The van der Waals surface area contributed by atoms with Crippen LogP contribution in [0.1, 0.15) is 32.6 Å². The molecule has 8 heteroatoms. The standard InChI is InChI=1S/C13H17ClN2O4S/c1-2-3-8-15(10-4-5-10)21(19,20)11-6-7-12(14)13(9-11)16(17)18/h6-7,9-10H,2-5,8H2,1H3. The Kier molecular flexibility index (Phi) is 4.85. The first-order valence-electron chi connectivity index (χ1n) is 6.83. The number of nitro benzene ring substituents is 1. The molecule has 0 amide bonds. The van der Waals surface area contributed by atoms with Crippen LogP contribution in [0.4, 0.5) is 5.69 Å². The molecule has 0 saturated heterocycles. The van der Waals surface area contributed by atoms with Crippen molar-refractivity contribution in [1.82, 2.24) is 4.31 Å². The van der Waals surface area contributed by atoms with E-state index in [0.717, 1.165) is 31.7 Å². The van der Waals surface area contributed by atoms with Crippen molar-refractivity contribution in [2.75, 3.05) is 6.54 Å². The predicted molar refractivity (Wildman–Crippen MR) is 79.9 cm³/mol. The molecule has 1 aromatic rings. The second-order valence-electron chi connectivity index (χ2n) is 5.07. The number of benzene rings is 1. The Hall–Kier alpha value is -1.18. The minimum absolute atomic E-state index is 0.0243. The first-order chi connectivity index (χ1) is 9.87. The van der Waals surface area contributed by atoms with Gasteiger partial charge < -0.3 is 0 Å². The molecule has 1 fully saturated rings. The number of nitrogens with zero attached hydrogens (tertiary/aromatic N) is 2. The van der Waals surface area contributed by atoms with E-state index < -0.39 is 14.9 Å². The van der Waals surface area contributed by atoms with E-state index in [0.29, 0.717) is 6.54 Å². The van der Waals surface area contributed by atoms with E-state index >= 15 is 0 Å². The molecule has 0 aliphatic heterocycles. The summed E-state index contributed by atoms with van der Waals surface area (Å²) >= 11 is 5.73. The van der Waals surface area contributed by atoms with E-state index in [4.69, 9.17) is 11.6 Å². The van der Waals surface area contributed by atoms with Crippen LogP contribution in [0.25, 0.3) is 0 Å². The van der Waals surface area contributed by atoms with Crippen LogP contribution in [0.15, 0.2) is 23.1 Å². The molecule has 2 rings (SSSR count). The topological polar surface area (TPSA) is 80.5 Å². The van der Waals surface area contributed by atoms with E-state index in [1.807, 2.05) is 6.92 Å². The van der Waals surface area contributed by atoms with Gasteiger partial charge in [-0.25, -0.2) is 8.42 Å². The second kappa shape index (κ2) is 6.29. The van der Waals surface area contributed by atoms with Crippen LogP contribution >= 0.6 is 11.6 Å². The van der Waals surface area contributed by atoms with Crippen molar-refractivity contribution in [3.8, 4) is 0 Å². The van der Waals surface area contributed by atoms with Crippen LogP contribution < -0.4 is 0 Å². The van der Waals surface area contributed by atoms with E-state index in [1.165, 1.54) is 16.4 Å². The SMILES string of the molecule is CCCCN(C1CC1)S(=O)(=O)c1ccc(Cl)c([N+](=O)[O-])c1. The van der Waals surface area contributed by atoms with Gasteiger partial charge in [-0.1, -0.05) is 24.9 Å². The maximum Gasteiger partial charge on any atom is 0.289 e. The Balaban J connectivity index is 2.37. The number of nitro groups is 1. The van der Waals surface area contributed by atoms with Crippen molar-refractivity contribution in [3.63, 3.8) is 0 Å². The molecule has 116 valence electrons. The number of hydrogen-bond acceptors (Lipinski definition) is 4. The van der Waals surface area contributed by atoms with Gasteiger partial charge in [0, 0.05) is 18.7 Å². The van der Waals surface area contributed by atoms with E-state index in [-0.39, 0.29) is 21.6 Å². The fourth-order valence-electron chi connectivity index (χ4n) is 2.10. The van der Waals surface area contributed by atoms with E-state index in [1.54, 1.807) is 0 Å². The zero-order chi connectivity index (χ0) is 15.6. The summed E-state index contributed by atoms with van der Waals surface area (Å²) in [5.41, 5.74) is -0.385. The van der Waals surface area contributed by atoms with E-state index in [2.05, 4.69) is 0 Å². The molecule has 0 aromatic heterocycles. The first-order valence-corrected chi connectivity index (χ1v) is 8.65. The average molecular weight is 333 g/mol. The van der Waals surface area contributed by atoms with Crippen molar-refractivity contribution in [2.24, 2.45) is 0 Å². The summed E-state index contributed by atoms with van der Waals surface area (Å²) in [6.07, 6.45) is 3.35. The Morgan fingerprint density at radius 1 is 1.43 bits per heavy atom. The van der Waals surface area contributed by atoms with Crippen molar-refractivity contribution in [3.05, 3.63) is 33.3 Å². The number of sulfonamides is 1. The highest BCUT2D eigenvalue weighted by Crippen LogP contribution is 2.34. The van der Waals surface area contributed by atoms with Crippen molar-refractivity contribution < 1.29 is 13.3 Å². The van der Waals surface area contributed by atoms with Crippen molar-refractivity contribution in [1.29, 1.82) is 0 Å². The summed E-state index contributed by atoms with van der Waals surface area (Å²) in [5.74, 6) is 0. The molecular weight excluding hydrogens is 316 g/mol. The summed E-state index contributed by atoms with van der Waals surface area (Å²) in [4.78, 5) is 10.2. The average Bonchev–Trinajstić information content (AvgIpc) is 3.23. The lowest BCUT2D eigenvalue weighted by molar-refractivity contribution is -0.384. The Morgan fingerprint density at radius 2 is 2.10 bits per heavy atom. The summed E-state index contributed by atoms with van der Waals surface area (Å²) < 4.78 is 26.8. The van der Waals surface area contributed by atoms with Gasteiger partial charge >= 0.3 is 0 Å². The Labute approximate surface area is 128 Å². The normalized spacial score (nSPS) is 15.4. The molecule has 0 atom stereocenters. The fourth-order valence-corrected chi connectivity index (χ4v) is 4.03. The molecule has 0 heterocycles. The van der Waals surface area contributed by atoms with Crippen molar-refractivity contribution >= 4 is 27.3 Å². The molecule has 0 radical (unpaired) electrons. The minimum atomic E-state index is -3.71.